The van der Waals surface area contributed by atoms with E-state index >= 15 is 0 Å². The van der Waals surface area contributed by atoms with Crippen LogP contribution in [-0.4, -0.2) is 38.8 Å². The third-order valence-electron chi connectivity index (χ3n) is 3.13. The van der Waals surface area contributed by atoms with Crippen LogP contribution in [0, 0.1) is 11.6 Å². The predicted molar refractivity (Wildman–Crippen MR) is 67.2 cm³/mol. The van der Waals surface area contributed by atoms with Gasteiger partial charge in [0.25, 0.3) is 0 Å². The van der Waals surface area contributed by atoms with Gasteiger partial charge in [-0.05, 0) is 19.1 Å². The van der Waals surface area contributed by atoms with Gasteiger partial charge >= 0.3 is 0 Å². The van der Waals surface area contributed by atoms with E-state index in [1.807, 2.05) is 0 Å². The zero-order valence-corrected chi connectivity index (χ0v) is 11.1. The van der Waals surface area contributed by atoms with Crippen LogP contribution < -0.4 is 4.90 Å². The van der Waals surface area contributed by atoms with Gasteiger partial charge in [0.2, 0.25) is 0 Å². The van der Waals surface area contributed by atoms with E-state index in [1.54, 1.807) is 6.92 Å². The lowest BCUT2D eigenvalue weighted by atomic mass is 10.1. The SMILES string of the molecule is CC1CS(=O)(=O)CCN1c1c(F)cc(C=O)cc1F. The molecule has 7 heteroatoms. The molecule has 1 aliphatic heterocycles. The van der Waals surface area contributed by atoms with Crippen molar-refractivity contribution in [2.24, 2.45) is 0 Å². The maximum Gasteiger partial charge on any atom is 0.154 e. The molecular weight excluding hydrogens is 276 g/mol. The third-order valence-corrected chi connectivity index (χ3v) is 4.93. The first-order chi connectivity index (χ1) is 8.84. The molecule has 104 valence electrons. The number of hydrogen-bond donors (Lipinski definition) is 0. The molecule has 0 amide bonds. The number of halogens is 2. The highest BCUT2D eigenvalue weighted by molar-refractivity contribution is 7.91. The minimum atomic E-state index is -3.15. The lowest BCUT2D eigenvalue weighted by Gasteiger charge is -2.35. The molecule has 1 aliphatic rings. The molecule has 0 N–H and O–H groups in total. The monoisotopic (exact) mass is 289 g/mol. The smallest absolute Gasteiger partial charge is 0.154 e. The second-order valence-electron chi connectivity index (χ2n) is 4.61. The second kappa shape index (κ2) is 4.88. The summed E-state index contributed by atoms with van der Waals surface area (Å²) < 4.78 is 50.6. The average molecular weight is 289 g/mol. The van der Waals surface area contributed by atoms with Crippen LogP contribution in [0.15, 0.2) is 12.1 Å². The van der Waals surface area contributed by atoms with Crippen molar-refractivity contribution in [1.82, 2.24) is 0 Å². The molecule has 1 heterocycles. The van der Waals surface area contributed by atoms with E-state index in [2.05, 4.69) is 0 Å². The number of nitrogens with zero attached hydrogens (tertiary/aromatic N) is 1. The van der Waals surface area contributed by atoms with Crippen molar-refractivity contribution in [3.05, 3.63) is 29.3 Å². The van der Waals surface area contributed by atoms with Crippen molar-refractivity contribution in [2.75, 3.05) is 23.0 Å². The number of sulfone groups is 1. The molecule has 2 rings (SSSR count). The Morgan fingerprint density at radius 1 is 1.32 bits per heavy atom. The Hall–Kier alpha value is -1.50. The van der Waals surface area contributed by atoms with Crippen molar-refractivity contribution < 1.29 is 22.0 Å². The zero-order chi connectivity index (χ0) is 14.2. The molecule has 0 spiro atoms. The molecule has 0 radical (unpaired) electrons. The Morgan fingerprint density at radius 3 is 2.37 bits per heavy atom. The van der Waals surface area contributed by atoms with Gasteiger partial charge in [0.1, 0.15) is 23.6 Å². The van der Waals surface area contributed by atoms with Gasteiger partial charge in [-0.1, -0.05) is 0 Å². The summed E-state index contributed by atoms with van der Waals surface area (Å²) in [5.41, 5.74) is -0.357. The van der Waals surface area contributed by atoms with Crippen molar-refractivity contribution in [1.29, 1.82) is 0 Å². The van der Waals surface area contributed by atoms with E-state index in [0.29, 0.717) is 6.29 Å². The van der Waals surface area contributed by atoms with Crippen LogP contribution in [0.2, 0.25) is 0 Å². The summed E-state index contributed by atoms with van der Waals surface area (Å²) in [4.78, 5) is 11.9. The minimum absolute atomic E-state index is 0.0395. The van der Waals surface area contributed by atoms with E-state index in [9.17, 15) is 22.0 Å². The van der Waals surface area contributed by atoms with Gasteiger partial charge in [0.15, 0.2) is 9.84 Å². The second-order valence-corrected chi connectivity index (χ2v) is 6.84. The van der Waals surface area contributed by atoms with Crippen molar-refractivity contribution in [3.63, 3.8) is 0 Å². The first kappa shape index (κ1) is 13.9. The molecule has 1 aromatic rings. The first-order valence-corrected chi connectivity index (χ1v) is 7.57. The predicted octanol–water partition coefficient (Wildman–Crippen LogP) is 1.40. The lowest BCUT2D eigenvalue weighted by molar-refractivity contribution is 0.112. The molecule has 0 saturated carbocycles. The molecule has 0 aliphatic carbocycles. The maximum atomic E-state index is 13.9. The van der Waals surface area contributed by atoms with Gasteiger partial charge in [-0.3, -0.25) is 4.79 Å². The van der Waals surface area contributed by atoms with Gasteiger partial charge in [-0.2, -0.15) is 0 Å². The Balaban J connectivity index is 2.40. The van der Waals surface area contributed by atoms with E-state index in [1.165, 1.54) is 4.90 Å². The number of rotatable bonds is 2. The highest BCUT2D eigenvalue weighted by Crippen LogP contribution is 2.28. The summed E-state index contributed by atoms with van der Waals surface area (Å²) >= 11 is 0. The highest BCUT2D eigenvalue weighted by atomic mass is 32.2. The lowest BCUT2D eigenvalue weighted by Crippen LogP contribution is -2.47. The van der Waals surface area contributed by atoms with Gasteiger partial charge in [-0.15, -0.1) is 0 Å². The number of aldehydes is 1. The zero-order valence-electron chi connectivity index (χ0n) is 10.3. The van der Waals surface area contributed by atoms with Crippen LogP contribution in [0.3, 0.4) is 0 Å². The summed E-state index contributed by atoms with van der Waals surface area (Å²) in [6.07, 6.45) is 0.361. The maximum absolute atomic E-state index is 13.9. The summed E-state index contributed by atoms with van der Waals surface area (Å²) in [6, 6.07) is 1.38. The minimum Gasteiger partial charge on any atom is -0.362 e. The third kappa shape index (κ3) is 2.75. The van der Waals surface area contributed by atoms with Gasteiger partial charge in [-0.25, -0.2) is 17.2 Å². The largest absolute Gasteiger partial charge is 0.362 e. The average Bonchev–Trinajstić information content (AvgIpc) is 2.30. The molecule has 19 heavy (non-hydrogen) atoms. The van der Waals surface area contributed by atoms with Crippen LogP contribution in [0.4, 0.5) is 14.5 Å². The first-order valence-electron chi connectivity index (χ1n) is 5.75. The fraction of sp³-hybridized carbons (Fsp3) is 0.417. The molecule has 0 bridgehead atoms. The Labute approximate surface area is 109 Å². The number of anilines is 1. The number of carbonyl (C=O) groups excluding carboxylic acids is 1. The fourth-order valence-corrected chi connectivity index (χ4v) is 3.81. The molecule has 1 unspecified atom stereocenters. The number of carbonyl (C=O) groups is 1. The van der Waals surface area contributed by atoms with Crippen molar-refractivity contribution >= 4 is 21.8 Å². The number of hydrogen-bond acceptors (Lipinski definition) is 4. The fourth-order valence-electron chi connectivity index (χ4n) is 2.26. The molecule has 1 aromatic carbocycles. The number of benzene rings is 1. The molecule has 1 saturated heterocycles. The molecular formula is C12H13F2NO3S. The van der Waals surface area contributed by atoms with Crippen LogP contribution >= 0.6 is 0 Å². The van der Waals surface area contributed by atoms with E-state index in [4.69, 9.17) is 0 Å². The summed E-state index contributed by atoms with van der Waals surface area (Å²) in [7, 11) is -3.15. The summed E-state index contributed by atoms with van der Waals surface area (Å²) in [6.45, 7) is 1.64. The van der Waals surface area contributed by atoms with E-state index < -0.39 is 27.5 Å². The summed E-state index contributed by atoms with van der Waals surface area (Å²) in [5, 5.41) is 0. The van der Waals surface area contributed by atoms with Crippen LogP contribution in [-0.2, 0) is 9.84 Å². The normalized spacial score (nSPS) is 22.3. The Morgan fingerprint density at radius 2 is 1.89 bits per heavy atom. The van der Waals surface area contributed by atoms with Crippen LogP contribution in [0.5, 0.6) is 0 Å². The molecule has 0 aromatic heterocycles. The van der Waals surface area contributed by atoms with Crippen molar-refractivity contribution in [3.8, 4) is 0 Å². The molecule has 1 atom stereocenters. The van der Waals surface area contributed by atoms with Gasteiger partial charge in [0, 0.05) is 18.2 Å². The van der Waals surface area contributed by atoms with E-state index in [0.717, 1.165) is 12.1 Å². The topological polar surface area (TPSA) is 54.5 Å². The summed E-state index contributed by atoms with van der Waals surface area (Å²) in [5.74, 6) is -1.98. The van der Waals surface area contributed by atoms with Crippen LogP contribution in [0.25, 0.3) is 0 Å². The quantitative estimate of drug-likeness (QED) is 0.772. The van der Waals surface area contributed by atoms with E-state index in [-0.39, 0.29) is 29.3 Å². The molecule has 1 fully saturated rings. The van der Waals surface area contributed by atoms with Gasteiger partial charge < -0.3 is 4.90 Å². The Kier molecular flexibility index (Phi) is 3.58. The van der Waals surface area contributed by atoms with Crippen LogP contribution in [0.1, 0.15) is 17.3 Å². The molecule has 4 nitrogen and oxygen atoms in total. The van der Waals surface area contributed by atoms with Crippen molar-refractivity contribution in [2.45, 2.75) is 13.0 Å². The van der Waals surface area contributed by atoms with Gasteiger partial charge in [0.05, 0.1) is 11.5 Å². The highest BCUT2D eigenvalue weighted by Gasteiger charge is 2.31. The standard InChI is InChI=1S/C12H13F2NO3S/c1-8-7-19(17,18)3-2-15(8)12-10(13)4-9(6-16)5-11(12)14/h4-6,8H,2-3,7H2,1H3. The Bertz CT molecular complexity index is 592.